The van der Waals surface area contributed by atoms with Crippen LogP contribution in [-0.2, 0) is 0 Å². The van der Waals surface area contributed by atoms with Crippen molar-refractivity contribution < 1.29 is 4.39 Å². The van der Waals surface area contributed by atoms with Gasteiger partial charge in [0.1, 0.15) is 23.0 Å². The van der Waals surface area contributed by atoms with Crippen LogP contribution in [0.15, 0.2) is 54.9 Å². The largest absolute Gasteiger partial charge is 0.351 e. The Labute approximate surface area is 183 Å². The van der Waals surface area contributed by atoms with E-state index in [4.69, 9.17) is 21.6 Å². The highest BCUT2D eigenvalue weighted by Gasteiger charge is 2.34. The lowest BCUT2D eigenvalue weighted by Crippen LogP contribution is -2.61. The maximum atomic E-state index is 14.8. The first-order chi connectivity index (χ1) is 15.2. The minimum atomic E-state index is -0.380. The average molecular weight is 435 g/mol. The molecule has 3 saturated heterocycles. The molecular weight excluding hydrogens is 415 g/mol. The summed E-state index contributed by atoms with van der Waals surface area (Å²) in [6.45, 7) is 1.93. The molecular formula is C23H20ClFN6. The van der Waals surface area contributed by atoms with Crippen molar-refractivity contribution in [3.05, 3.63) is 65.7 Å². The molecule has 0 spiro atoms. The van der Waals surface area contributed by atoms with Gasteiger partial charge >= 0.3 is 0 Å². The molecule has 3 aromatic heterocycles. The van der Waals surface area contributed by atoms with Gasteiger partial charge in [0.25, 0.3) is 0 Å². The molecule has 6 nitrogen and oxygen atoms in total. The molecule has 6 heterocycles. The Kier molecular flexibility index (Phi) is 4.40. The maximum absolute atomic E-state index is 14.8. The average Bonchev–Trinajstić information content (AvgIpc) is 3.20. The molecule has 31 heavy (non-hydrogen) atoms. The topological polar surface area (TPSA) is 58.9 Å². The third-order valence-corrected chi connectivity index (χ3v) is 6.46. The van der Waals surface area contributed by atoms with Crippen LogP contribution in [0.4, 0.5) is 10.2 Å². The Hall–Kier alpha value is -3.03. The lowest BCUT2D eigenvalue weighted by Gasteiger charge is -2.46. The molecule has 3 aliphatic rings. The van der Waals surface area contributed by atoms with Gasteiger partial charge in [-0.05, 0) is 55.3 Å². The number of benzene rings is 1. The summed E-state index contributed by atoms with van der Waals surface area (Å²) in [7, 11) is 0. The van der Waals surface area contributed by atoms with Crippen molar-refractivity contribution in [1.29, 1.82) is 0 Å². The molecule has 0 saturated carbocycles. The fourth-order valence-corrected chi connectivity index (χ4v) is 4.86. The molecule has 1 N–H and O–H groups in total. The van der Waals surface area contributed by atoms with E-state index in [1.165, 1.54) is 25.0 Å². The minimum Gasteiger partial charge on any atom is -0.351 e. The highest BCUT2D eigenvalue weighted by atomic mass is 35.5. The number of piperidine rings is 2. The second-order valence-electron chi connectivity index (χ2n) is 8.10. The molecule has 156 valence electrons. The van der Waals surface area contributed by atoms with E-state index in [2.05, 4.69) is 15.2 Å². The highest BCUT2D eigenvalue weighted by molar-refractivity contribution is 6.30. The fourth-order valence-electron chi connectivity index (χ4n) is 4.68. The molecule has 7 rings (SSSR count). The van der Waals surface area contributed by atoms with Gasteiger partial charge in [-0.2, -0.15) is 0 Å². The molecule has 2 atom stereocenters. The van der Waals surface area contributed by atoms with E-state index in [9.17, 15) is 4.39 Å². The number of pyridine rings is 2. The van der Waals surface area contributed by atoms with Crippen molar-refractivity contribution >= 4 is 28.6 Å². The lowest BCUT2D eigenvalue weighted by atomic mass is 9.93. The van der Waals surface area contributed by atoms with Crippen LogP contribution >= 0.6 is 11.6 Å². The molecule has 0 aliphatic carbocycles. The number of piperazine rings is 1. The van der Waals surface area contributed by atoms with Crippen LogP contribution < -0.4 is 10.2 Å². The van der Waals surface area contributed by atoms with Gasteiger partial charge in [0.05, 0.1) is 11.3 Å². The zero-order valence-electron chi connectivity index (χ0n) is 16.7. The van der Waals surface area contributed by atoms with Gasteiger partial charge in [0, 0.05) is 42.6 Å². The second-order valence-corrected chi connectivity index (χ2v) is 8.54. The zero-order chi connectivity index (χ0) is 20.9. The first kappa shape index (κ1) is 18.7. The van der Waals surface area contributed by atoms with Crippen molar-refractivity contribution in [2.45, 2.75) is 24.9 Å². The molecule has 3 fully saturated rings. The van der Waals surface area contributed by atoms with Gasteiger partial charge in [-0.1, -0.05) is 11.6 Å². The number of hydrogen-bond donors (Lipinski definition) is 1. The fraction of sp³-hybridized carbons (Fsp3) is 0.261. The van der Waals surface area contributed by atoms with Crippen molar-refractivity contribution in [3.63, 3.8) is 0 Å². The van der Waals surface area contributed by atoms with E-state index in [0.29, 0.717) is 39.7 Å². The molecule has 3 aliphatic heterocycles. The first-order valence-electron chi connectivity index (χ1n) is 10.4. The molecule has 0 radical (unpaired) electrons. The Bertz CT molecular complexity index is 1270. The third kappa shape index (κ3) is 3.16. The van der Waals surface area contributed by atoms with E-state index >= 15 is 0 Å². The highest BCUT2D eigenvalue weighted by Crippen LogP contribution is 2.33. The molecule has 2 unspecified atom stereocenters. The smallest absolute Gasteiger partial charge is 0.167 e. The number of anilines is 1. The molecule has 2 bridgehead atoms. The number of rotatable bonds is 3. The van der Waals surface area contributed by atoms with E-state index in [-0.39, 0.29) is 5.82 Å². The van der Waals surface area contributed by atoms with Gasteiger partial charge in [-0.25, -0.2) is 14.4 Å². The van der Waals surface area contributed by atoms with E-state index in [1.54, 1.807) is 18.5 Å². The van der Waals surface area contributed by atoms with E-state index in [0.717, 1.165) is 24.6 Å². The normalized spacial score (nSPS) is 20.5. The monoisotopic (exact) mass is 434 g/mol. The van der Waals surface area contributed by atoms with Crippen LogP contribution in [0.1, 0.15) is 12.8 Å². The Morgan fingerprint density at radius 1 is 1.03 bits per heavy atom. The number of nitrogens with zero attached hydrogens (tertiary/aromatic N) is 5. The predicted molar refractivity (Wildman–Crippen MR) is 119 cm³/mol. The molecule has 0 amide bonds. The van der Waals surface area contributed by atoms with Crippen LogP contribution in [0.5, 0.6) is 0 Å². The summed E-state index contributed by atoms with van der Waals surface area (Å²) in [5.74, 6) is 1.01. The number of imidazole rings is 1. The van der Waals surface area contributed by atoms with E-state index < -0.39 is 0 Å². The maximum Gasteiger partial charge on any atom is 0.167 e. The van der Waals surface area contributed by atoms with Crippen molar-refractivity contribution in [2.75, 3.05) is 18.0 Å². The second kappa shape index (κ2) is 7.28. The van der Waals surface area contributed by atoms with Crippen LogP contribution in [0, 0.1) is 5.82 Å². The number of hydrogen-bond acceptors (Lipinski definition) is 5. The summed E-state index contributed by atoms with van der Waals surface area (Å²) >= 11 is 6.18. The van der Waals surface area contributed by atoms with Gasteiger partial charge in [-0.15, -0.1) is 0 Å². The summed E-state index contributed by atoms with van der Waals surface area (Å²) < 4.78 is 16.7. The molecule has 8 heteroatoms. The van der Waals surface area contributed by atoms with Crippen molar-refractivity contribution in [2.24, 2.45) is 0 Å². The van der Waals surface area contributed by atoms with Gasteiger partial charge in [0.2, 0.25) is 0 Å². The Balaban J connectivity index is 1.57. The summed E-state index contributed by atoms with van der Waals surface area (Å²) in [4.78, 5) is 16.3. The number of nitrogens with one attached hydrogen (secondary N) is 1. The Morgan fingerprint density at radius 3 is 2.65 bits per heavy atom. The number of aromatic nitrogens is 4. The van der Waals surface area contributed by atoms with Gasteiger partial charge in [-0.3, -0.25) is 9.55 Å². The van der Waals surface area contributed by atoms with Crippen LogP contribution in [-0.4, -0.2) is 44.7 Å². The minimum absolute atomic E-state index is 0.338. The zero-order valence-corrected chi connectivity index (χ0v) is 17.4. The first-order valence-corrected chi connectivity index (χ1v) is 10.8. The van der Waals surface area contributed by atoms with Crippen molar-refractivity contribution in [3.8, 4) is 17.1 Å². The summed E-state index contributed by atoms with van der Waals surface area (Å²) in [6.07, 6.45) is 5.79. The summed E-state index contributed by atoms with van der Waals surface area (Å²) in [5.41, 5.74) is 2.55. The lowest BCUT2D eigenvalue weighted by molar-refractivity contribution is 0.289. The summed E-state index contributed by atoms with van der Waals surface area (Å²) in [6, 6.07) is 13.2. The molecule has 1 aromatic carbocycles. The van der Waals surface area contributed by atoms with E-state index in [1.807, 2.05) is 28.8 Å². The van der Waals surface area contributed by atoms with Crippen LogP contribution in [0.3, 0.4) is 0 Å². The van der Waals surface area contributed by atoms with Crippen LogP contribution in [0.25, 0.3) is 28.2 Å². The van der Waals surface area contributed by atoms with Gasteiger partial charge in [0.15, 0.2) is 5.65 Å². The summed E-state index contributed by atoms with van der Waals surface area (Å²) in [5, 5.41) is 4.04. The number of halogens is 2. The Morgan fingerprint density at radius 2 is 1.90 bits per heavy atom. The van der Waals surface area contributed by atoms with Crippen molar-refractivity contribution in [1.82, 2.24) is 24.8 Å². The standard InChI is InChI=1S/C23H20ClFN6/c24-14-1-4-19(25)18(11-14)22-28-20-5-6-21(30-13-15-2-3-17(30)12-27-15)29-23(20)31(22)16-7-9-26-10-8-16/h1,4-11,15,17,27H,2-3,12-13H2. The number of fused-ring (bicyclic) bond motifs is 4. The quantitative estimate of drug-likeness (QED) is 0.523. The van der Waals surface area contributed by atoms with Crippen LogP contribution in [0.2, 0.25) is 5.02 Å². The molecule has 4 aromatic rings. The van der Waals surface area contributed by atoms with Gasteiger partial charge < -0.3 is 10.2 Å². The predicted octanol–water partition coefficient (Wildman–Crippen LogP) is 4.22. The SMILES string of the molecule is Fc1ccc(Cl)cc1-c1nc2ccc(N3CC4CCC3CN4)nc2n1-c1ccncc1. The third-order valence-electron chi connectivity index (χ3n) is 6.22.